The second kappa shape index (κ2) is 6.03. The summed E-state index contributed by atoms with van der Waals surface area (Å²) in [6.45, 7) is 0. The van der Waals surface area contributed by atoms with Crippen LogP contribution in [-0.4, -0.2) is 14.8 Å². The predicted octanol–water partition coefficient (Wildman–Crippen LogP) is 2.11. The van der Waals surface area contributed by atoms with Gasteiger partial charge in [-0.3, -0.25) is 20.9 Å². The van der Waals surface area contributed by atoms with E-state index in [1.54, 1.807) is 0 Å². The Morgan fingerprint density at radius 1 is 1.29 bits per heavy atom. The zero-order chi connectivity index (χ0) is 14.7. The van der Waals surface area contributed by atoms with Crippen molar-refractivity contribution < 1.29 is 0 Å². The minimum Gasteiger partial charge on any atom is -0.276 e. The number of hydrazine groups is 1. The molecule has 21 heavy (non-hydrogen) atoms. The molecule has 0 aliphatic heterocycles. The number of rotatable bonds is 5. The zero-order valence-corrected chi connectivity index (χ0v) is 12.0. The minimum atomic E-state index is 0.0244. The van der Waals surface area contributed by atoms with E-state index in [1.165, 1.54) is 10.9 Å². The van der Waals surface area contributed by atoms with E-state index in [4.69, 9.17) is 5.84 Å². The van der Waals surface area contributed by atoms with Crippen LogP contribution in [0.15, 0.2) is 48.9 Å². The van der Waals surface area contributed by atoms with E-state index in [9.17, 15) is 0 Å². The summed E-state index contributed by atoms with van der Waals surface area (Å²) in [4.78, 5) is 4.53. The third-order valence-electron chi connectivity index (χ3n) is 3.72. The molecule has 0 saturated heterocycles. The van der Waals surface area contributed by atoms with Crippen LogP contribution < -0.4 is 11.3 Å². The highest BCUT2D eigenvalue weighted by atomic mass is 15.2. The average molecular weight is 281 g/mol. The number of fused-ring (bicyclic) bond motifs is 1. The van der Waals surface area contributed by atoms with Gasteiger partial charge in [0.15, 0.2) is 0 Å². The first-order chi connectivity index (χ1) is 10.3. The molecule has 0 radical (unpaired) electrons. The number of pyridine rings is 1. The number of hydrogen-bond donors (Lipinski definition) is 2. The van der Waals surface area contributed by atoms with Crippen molar-refractivity contribution in [3.63, 3.8) is 0 Å². The van der Waals surface area contributed by atoms with Gasteiger partial charge in [-0.1, -0.05) is 24.3 Å². The van der Waals surface area contributed by atoms with Crippen LogP contribution in [0.5, 0.6) is 0 Å². The summed E-state index contributed by atoms with van der Waals surface area (Å²) in [5.41, 5.74) is 5.10. The number of benzene rings is 1. The maximum absolute atomic E-state index is 5.75. The minimum absolute atomic E-state index is 0.0244. The Balaban J connectivity index is 1.84. The Morgan fingerprint density at radius 2 is 2.14 bits per heavy atom. The van der Waals surface area contributed by atoms with Gasteiger partial charge in [-0.05, 0) is 29.9 Å². The fourth-order valence-corrected chi connectivity index (χ4v) is 2.63. The van der Waals surface area contributed by atoms with Gasteiger partial charge in [-0.2, -0.15) is 5.10 Å². The van der Waals surface area contributed by atoms with E-state index in [0.717, 1.165) is 23.9 Å². The molecule has 5 heteroatoms. The number of aromatic nitrogens is 3. The standard InChI is InChI=1S/C16H19N5/c1-21-11-12(10-19-21)6-7-15(20-17)16-14-5-3-2-4-13(14)8-9-18-16/h2-5,8-11,15,20H,6-7,17H2,1H3. The highest BCUT2D eigenvalue weighted by Gasteiger charge is 2.14. The quantitative estimate of drug-likeness (QED) is 0.555. The van der Waals surface area contributed by atoms with E-state index in [1.807, 2.05) is 48.5 Å². The van der Waals surface area contributed by atoms with Gasteiger partial charge in [0, 0.05) is 24.8 Å². The molecule has 0 aliphatic rings. The van der Waals surface area contributed by atoms with Crippen LogP contribution in [0.3, 0.4) is 0 Å². The van der Waals surface area contributed by atoms with Gasteiger partial charge in [-0.15, -0.1) is 0 Å². The number of hydrogen-bond acceptors (Lipinski definition) is 4. The monoisotopic (exact) mass is 281 g/mol. The van der Waals surface area contributed by atoms with Gasteiger partial charge in [0.2, 0.25) is 0 Å². The lowest BCUT2D eigenvalue weighted by atomic mass is 10.0. The average Bonchev–Trinajstić information content (AvgIpc) is 2.93. The third-order valence-corrected chi connectivity index (χ3v) is 3.72. The Labute approximate surface area is 123 Å². The topological polar surface area (TPSA) is 68.8 Å². The molecular weight excluding hydrogens is 262 g/mol. The van der Waals surface area contributed by atoms with E-state index in [0.29, 0.717) is 0 Å². The van der Waals surface area contributed by atoms with Crippen molar-refractivity contribution in [3.05, 3.63) is 60.2 Å². The number of nitrogens with two attached hydrogens (primary N) is 1. The lowest BCUT2D eigenvalue weighted by Crippen LogP contribution is -2.29. The van der Waals surface area contributed by atoms with Gasteiger partial charge >= 0.3 is 0 Å². The van der Waals surface area contributed by atoms with Crippen molar-refractivity contribution >= 4 is 10.8 Å². The molecule has 3 rings (SSSR count). The van der Waals surface area contributed by atoms with Gasteiger partial charge in [0.25, 0.3) is 0 Å². The van der Waals surface area contributed by atoms with Crippen LogP contribution >= 0.6 is 0 Å². The smallest absolute Gasteiger partial charge is 0.0664 e. The summed E-state index contributed by atoms with van der Waals surface area (Å²) < 4.78 is 1.82. The first kappa shape index (κ1) is 13.7. The molecule has 0 saturated carbocycles. The molecular formula is C16H19N5. The molecule has 108 valence electrons. The Kier molecular flexibility index (Phi) is 3.94. The first-order valence-corrected chi connectivity index (χ1v) is 7.05. The second-order valence-corrected chi connectivity index (χ2v) is 5.20. The first-order valence-electron chi connectivity index (χ1n) is 7.05. The predicted molar refractivity (Wildman–Crippen MR) is 83.3 cm³/mol. The Bertz CT molecular complexity index is 729. The molecule has 0 fully saturated rings. The van der Waals surface area contributed by atoms with Crippen molar-refractivity contribution in [3.8, 4) is 0 Å². The fraction of sp³-hybridized carbons (Fsp3) is 0.250. The highest BCUT2D eigenvalue weighted by molar-refractivity contribution is 5.84. The normalized spacial score (nSPS) is 12.7. The Morgan fingerprint density at radius 3 is 2.90 bits per heavy atom. The summed E-state index contributed by atoms with van der Waals surface area (Å²) in [5, 5.41) is 6.52. The lowest BCUT2D eigenvalue weighted by molar-refractivity contribution is 0.508. The van der Waals surface area contributed by atoms with E-state index >= 15 is 0 Å². The van der Waals surface area contributed by atoms with Crippen LogP contribution in [0.4, 0.5) is 0 Å². The van der Waals surface area contributed by atoms with Crippen LogP contribution in [-0.2, 0) is 13.5 Å². The van der Waals surface area contributed by atoms with Crippen LogP contribution in [0, 0.1) is 0 Å². The van der Waals surface area contributed by atoms with Crippen molar-refractivity contribution in [1.82, 2.24) is 20.2 Å². The molecule has 5 nitrogen and oxygen atoms in total. The second-order valence-electron chi connectivity index (χ2n) is 5.20. The fourth-order valence-electron chi connectivity index (χ4n) is 2.63. The molecule has 1 atom stereocenters. The van der Waals surface area contributed by atoms with Crippen molar-refractivity contribution in [2.75, 3.05) is 0 Å². The van der Waals surface area contributed by atoms with Gasteiger partial charge in [-0.25, -0.2) is 0 Å². The third kappa shape index (κ3) is 2.94. The summed E-state index contributed by atoms with van der Waals surface area (Å²) in [6.07, 6.45) is 7.55. The molecule has 1 aromatic carbocycles. The Hall–Kier alpha value is -2.24. The highest BCUT2D eigenvalue weighted by Crippen LogP contribution is 2.24. The van der Waals surface area contributed by atoms with Gasteiger partial charge < -0.3 is 0 Å². The van der Waals surface area contributed by atoms with Crippen molar-refractivity contribution in [1.29, 1.82) is 0 Å². The molecule has 2 aromatic heterocycles. The maximum Gasteiger partial charge on any atom is 0.0664 e. The van der Waals surface area contributed by atoms with E-state index < -0.39 is 0 Å². The summed E-state index contributed by atoms with van der Waals surface area (Å²) in [6, 6.07) is 10.3. The van der Waals surface area contributed by atoms with Crippen LogP contribution in [0.1, 0.15) is 23.7 Å². The largest absolute Gasteiger partial charge is 0.276 e. The molecule has 3 aromatic rings. The van der Waals surface area contributed by atoms with E-state index in [2.05, 4.69) is 27.6 Å². The molecule has 1 unspecified atom stereocenters. The number of nitrogens with zero attached hydrogens (tertiary/aromatic N) is 3. The van der Waals surface area contributed by atoms with Gasteiger partial charge in [0.05, 0.1) is 17.9 Å². The van der Waals surface area contributed by atoms with Crippen LogP contribution in [0.25, 0.3) is 10.8 Å². The summed E-state index contributed by atoms with van der Waals surface area (Å²) in [5.74, 6) is 5.75. The molecule has 0 spiro atoms. The van der Waals surface area contributed by atoms with Crippen molar-refractivity contribution in [2.24, 2.45) is 12.9 Å². The summed E-state index contributed by atoms with van der Waals surface area (Å²) in [7, 11) is 1.93. The number of nitrogens with one attached hydrogen (secondary N) is 1. The number of aryl methyl sites for hydroxylation is 2. The molecule has 0 aliphatic carbocycles. The molecule has 2 heterocycles. The van der Waals surface area contributed by atoms with Crippen LogP contribution in [0.2, 0.25) is 0 Å². The molecule has 3 N–H and O–H groups in total. The SMILES string of the molecule is Cn1cc(CCC(NN)c2nccc3ccccc23)cn1. The zero-order valence-electron chi connectivity index (χ0n) is 12.0. The maximum atomic E-state index is 5.75. The lowest BCUT2D eigenvalue weighted by Gasteiger charge is -2.17. The van der Waals surface area contributed by atoms with Crippen molar-refractivity contribution in [2.45, 2.75) is 18.9 Å². The van der Waals surface area contributed by atoms with Gasteiger partial charge in [0.1, 0.15) is 0 Å². The molecule has 0 amide bonds. The van der Waals surface area contributed by atoms with E-state index in [-0.39, 0.29) is 6.04 Å². The molecule has 0 bridgehead atoms. The summed E-state index contributed by atoms with van der Waals surface area (Å²) >= 11 is 0.